The molecule has 1 aliphatic heterocycles. The van der Waals surface area contributed by atoms with Gasteiger partial charge in [-0.3, -0.25) is 14.4 Å². The Morgan fingerprint density at radius 2 is 1.69 bits per heavy atom. The molecule has 2 aliphatic rings. The zero-order chi connectivity index (χ0) is 23.0. The van der Waals surface area contributed by atoms with Crippen LogP contribution in [0.1, 0.15) is 30.4 Å². The van der Waals surface area contributed by atoms with Crippen molar-refractivity contribution in [1.29, 1.82) is 0 Å². The van der Waals surface area contributed by atoms with Gasteiger partial charge in [0.15, 0.2) is 0 Å². The summed E-state index contributed by atoms with van der Waals surface area (Å²) in [4.78, 5) is 41.6. The van der Waals surface area contributed by atoms with Crippen LogP contribution in [-0.2, 0) is 30.8 Å². The molecule has 0 radical (unpaired) electrons. The monoisotopic (exact) mass is 455 g/mol. The van der Waals surface area contributed by atoms with Gasteiger partial charge in [0, 0.05) is 12.5 Å². The van der Waals surface area contributed by atoms with Crippen molar-refractivity contribution in [3.63, 3.8) is 0 Å². The average molecular weight is 456 g/mol. The van der Waals surface area contributed by atoms with Crippen LogP contribution in [0.3, 0.4) is 0 Å². The number of carbonyl (C=O) groups excluding carboxylic acids is 3. The largest absolute Gasteiger partial charge is 0.330 e. The molecule has 4 rings (SSSR count). The molecule has 1 unspecified atom stereocenters. The normalized spacial score (nSPS) is 18.8. The molecule has 0 spiro atoms. The first-order chi connectivity index (χ1) is 15.1. The Bertz CT molecular complexity index is 1160. The maximum atomic E-state index is 13.2. The quantitative estimate of drug-likeness (QED) is 0.638. The van der Waals surface area contributed by atoms with Gasteiger partial charge in [0.05, 0.1) is 17.0 Å². The molecule has 0 bridgehead atoms. The molecule has 1 saturated heterocycles. The lowest BCUT2D eigenvalue weighted by Gasteiger charge is -2.28. The van der Waals surface area contributed by atoms with Gasteiger partial charge in [0.1, 0.15) is 6.04 Å². The van der Waals surface area contributed by atoms with Crippen LogP contribution in [0.15, 0.2) is 53.4 Å². The Balaban J connectivity index is 1.53. The van der Waals surface area contributed by atoms with Gasteiger partial charge in [-0.25, -0.2) is 18.5 Å². The van der Waals surface area contributed by atoms with Crippen LogP contribution in [0.5, 0.6) is 0 Å². The Morgan fingerprint density at radius 3 is 2.25 bits per heavy atom. The Hall–Kier alpha value is -3.04. The summed E-state index contributed by atoms with van der Waals surface area (Å²) in [5, 5.41) is 5.13. The minimum Gasteiger partial charge on any atom is -0.330 e. The fourth-order valence-corrected chi connectivity index (χ4v) is 4.42. The van der Waals surface area contributed by atoms with Gasteiger partial charge in [-0.15, -0.1) is 0 Å². The highest BCUT2D eigenvalue weighted by Gasteiger charge is 2.46. The molecule has 1 atom stereocenters. The second-order valence-corrected chi connectivity index (χ2v) is 9.93. The third-order valence-corrected chi connectivity index (χ3v) is 6.82. The highest BCUT2D eigenvalue weighted by atomic mass is 32.2. The Labute approximate surface area is 187 Å². The van der Waals surface area contributed by atoms with E-state index in [0.29, 0.717) is 12.1 Å². The summed E-state index contributed by atoms with van der Waals surface area (Å²) in [6, 6.07) is 12.4. The second-order valence-electron chi connectivity index (χ2n) is 8.37. The molecular weight excluding hydrogens is 430 g/mol. The summed E-state index contributed by atoms with van der Waals surface area (Å²) in [6.45, 7) is 2.18. The summed E-state index contributed by atoms with van der Waals surface area (Å²) in [6.07, 6.45) is 1.95. The van der Waals surface area contributed by atoms with E-state index >= 15 is 0 Å². The van der Waals surface area contributed by atoms with Crippen LogP contribution < -0.4 is 10.0 Å². The molecule has 1 saturated carbocycles. The number of carbonyl (C=O) groups is 3. The van der Waals surface area contributed by atoms with Crippen LogP contribution in [0, 0.1) is 12.8 Å². The van der Waals surface area contributed by atoms with E-state index in [0.717, 1.165) is 28.9 Å². The number of sulfonamides is 1. The van der Waals surface area contributed by atoms with Gasteiger partial charge in [0.25, 0.3) is 5.91 Å². The molecule has 1 heterocycles. The van der Waals surface area contributed by atoms with E-state index < -0.39 is 22.0 Å². The summed E-state index contributed by atoms with van der Waals surface area (Å²) in [5.41, 5.74) is 2.33. The smallest absolute Gasteiger partial charge is 0.257 e. The zero-order valence-electron chi connectivity index (χ0n) is 17.7. The van der Waals surface area contributed by atoms with E-state index in [1.54, 1.807) is 24.3 Å². The predicted octanol–water partition coefficient (Wildman–Crippen LogP) is 1.76. The van der Waals surface area contributed by atoms with Crippen LogP contribution in [0.2, 0.25) is 0 Å². The first-order valence-electron chi connectivity index (χ1n) is 10.5. The molecule has 1 aliphatic carbocycles. The molecular formula is C23H25N3O5S. The van der Waals surface area contributed by atoms with Crippen molar-refractivity contribution in [3.8, 4) is 0 Å². The molecule has 2 aromatic rings. The van der Waals surface area contributed by atoms with E-state index in [9.17, 15) is 22.8 Å². The minimum atomic E-state index is -3.78. The van der Waals surface area contributed by atoms with Crippen molar-refractivity contribution in [1.82, 2.24) is 4.90 Å². The average Bonchev–Trinajstić information content (AvgIpc) is 3.55. The third-order valence-electron chi connectivity index (χ3n) is 5.89. The fraction of sp³-hybridized carbons (Fsp3) is 0.348. The highest BCUT2D eigenvalue weighted by Crippen LogP contribution is 2.34. The number of benzene rings is 2. The molecule has 2 fully saturated rings. The topological polar surface area (TPSA) is 118 Å². The number of rotatable bonds is 7. The summed E-state index contributed by atoms with van der Waals surface area (Å²) < 4.78 is 22.9. The van der Waals surface area contributed by atoms with Crippen LogP contribution >= 0.6 is 0 Å². The van der Waals surface area contributed by atoms with E-state index in [1.807, 2.05) is 19.1 Å². The molecule has 0 aromatic heterocycles. The lowest BCUT2D eigenvalue weighted by Crippen LogP contribution is -2.47. The molecule has 9 heteroatoms. The van der Waals surface area contributed by atoms with Gasteiger partial charge in [0.2, 0.25) is 21.8 Å². The van der Waals surface area contributed by atoms with Crippen molar-refractivity contribution in [2.75, 3.05) is 11.4 Å². The van der Waals surface area contributed by atoms with E-state index in [2.05, 4.69) is 0 Å². The molecule has 2 N–H and O–H groups in total. The van der Waals surface area contributed by atoms with E-state index in [4.69, 9.17) is 5.14 Å². The fourth-order valence-electron chi connectivity index (χ4n) is 3.90. The van der Waals surface area contributed by atoms with Crippen molar-refractivity contribution in [2.45, 2.75) is 43.5 Å². The van der Waals surface area contributed by atoms with Gasteiger partial charge < -0.3 is 4.90 Å². The highest BCUT2D eigenvalue weighted by molar-refractivity contribution is 7.89. The van der Waals surface area contributed by atoms with Gasteiger partial charge in [-0.1, -0.05) is 29.8 Å². The van der Waals surface area contributed by atoms with Crippen LogP contribution in [-0.4, -0.2) is 43.6 Å². The lowest BCUT2D eigenvalue weighted by atomic mass is 10.1. The van der Waals surface area contributed by atoms with Gasteiger partial charge in [-0.05, 0) is 56.0 Å². The van der Waals surface area contributed by atoms with E-state index in [1.165, 1.54) is 17.0 Å². The maximum absolute atomic E-state index is 13.2. The number of hydrogen-bond donors (Lipinski definition) is 1. The van der Waals surface area contributed by atoms with Gasteiger partial charge in [-0.2, -0.15) is 0 Å². The Kier molecular flexibility index (Phi) is 5.87. The number of anilines is 1. The van der Waals surface area contributed by atoms with E-state index in [-0.39, 0.29) is 35.6 Å². The summed E-state index contributed by atoms with van der Waals surface area (Å²) in [5.74, 6) is -0.925. The van der Waals surface area contributed by atoms with Crippen molar-refractivity contribution >= 4 is 33.4 Å². The minimum absolute atomic E-state index is 0.0115. The summed E-state index contributed by atoms with van der Waals surface area (Å²) >= 11 is 0. The number of imide groups is 1. The molecule has 32 heavy (non-hydrogen) atoms. The number of hydrogen-bond acceptors (Lipinski definition) is 5. The van der Waals surface area contributed by atoms with Crippen LogP contribution in [0.25, 0.3) is 0 Å². The molecule has 168 valence electrons. The predicted molar refractivity (Wildman–Crippen MR) is 118 cm³/mol. The first-order valence-corrected chi connectivity index (χ1v) is 12.1. The standard InChI is InChI=1S/C23H25N3O5S/c1-15-2-8-18(9-3-15)26-21(27)14-20(23(26)29)25(22(28)17-6-7-17)13-12-16-4-10-19(11-5-16)32(24,30)31/h2-5,8-11,17,20H,6-7,12-14H2,1H3,(H2,24,30,31). The van der Waals surface area contributed by atoms with Gasteiger partial charge >= 0.3 is 0 Å². The number of primary sulfonamides is 1. The maximum Gasteiger partial charge on any atom is 0.257 e. The lowest BCUT2D eigenvalue weighted by molar-refractivity contribution is -0.139. The first kappa shape index (κ1) is 22.2. The SMILES string of the molecule is Cc1ccc(N2C(=O)CC(N(CCc3ccc(S(N)(=O)=O)cc3)C(=O)C3CC3)C2=O)cc1. The zero-order valence-corrected chi connectivity index (χ0v) is 18.5. The summed E-state index contributed by atoms with van der Waals surface area (Å²) in [7, 11) is -3.78. The Morgan fingerprint density at radius 1 is 1.06 bits per heavy atom. The number of amides is 3. The van der Waals surface area contributed by atoms with Crippen molar-refractivity contribution in [2.24, 2.45) is 11.1 Å². The second kappa shape index (κ2) is 8.48. The molecule has 8 nitrogen and oxygen atoms in total. The third kappa shape index (κ3) is 4.58. The van der Waals surface area contributed by atoms with Crippen molar-refractivity contribution in [3.05, 3.63) is 59.7 Å². The number of nitrogens with zero attached hydrogens (tertiary/aromatic N) is 2. The number of nitrogens with two attached hydrogens (primary N) is 1. The van der Waals surface area contributed by atoms with Crippen molar-refractivity contribution < 1.29 is 22.8 Å². The molecule has 3 amide bonds. The number of aryl methyl sites for hydroxylation is 1. The van der Waals surface area contributed by atoms with Crippen LogP contribution in [0.4, 0.5) is 5.69 Å². The molecule has 2 aromatic carbocycles.